The summed E-state index contributed by atoms with van der Waals surface area (Å²) in [5, 5.41) is 1.13. The van der Waals surface area contributed by atoms with E-state index in [2.05, 4.69) is 57.6 Å². The monoisotopic (exact) mass is 231 g/mol. The zero-order chi connectivity index (χ0) is 12.8. The van der Waals surface area contributed by atoms with E-state index in [-0.39, 0.29) is 10.8 Å². The van der Waals surface area contributed by atoms with Crippen molar-refractivity contribution in [2.45, 2.75) is 52.4 Å². The van der Waals surface area contributed by atoms with Crippen LogP contribution in [0.15, 0.2) is 12.3 Å². The molecule has 3 nitrogen and oxygen atoms in total. The standard InChI is InChI=1S/C14H21N3/c1-13(2,3)10-9-7-8-15-11(9)17-12(16-10)14(4,5)6/h7-8H,1-6H3,(H,15,16,17). The largest absolute Gasteiger partial charge is 0.346 e. The number of hydrogen-bond acceptors (Lipinski definition) is 2. The van der Waals surface area contributed by atoms with Crippen molar-refractivity contribution in [3.05, 3.63) is 23.8 Å². The van der Waals surface area contributed by atoms with Gasteiger partial charge in [0.2, 0.25) is 0 Å². The van der Waals surface area contributed by atoms with Crippen LogP contribution in [-0.4, -0.2) is 15.0 Å². The van der Waals surface area contributed by atoms with Crippen LogP contribution in [0.3, 0.4) is 0 Å². The highest BCUT2D eigenvalue weighted by Gasteiger charge is 2.25. The van der Waals surface area contributed by atoms with Gasteiger partial charge in [0.25, 0.3) is 0 Å². The van der Waals surface area contributed by atoms with Crippen LogP contribution in [0.1, 0.15) is 53.1 Å². The maximum atomic E-state index is 4.78. The Morgan fingerprint density at radius 1 is 0.941 bits per heavy atom. The second-order valence-corrected chi connectivity index (χ2v) is 6.64. The van der Waals surface area contributed by atoms with Crippen LogP contribution >= 0.6 is 0 Å². The van der Waals surface area contributed by atoms with E-state index in [1.807, 2.05) is 6.20 Å². The number of nitrogens with one attached hydrogen (secondary N) is 1. The lowest BCUT2D eigenvalue weighted by atomic mass is 9.88. The number of aromatic amines is 1. The normalized spacial score (nSPS) is 13.3. The SMILES string of the molecule is CC(C)(C)c1nc(C(C)(C)C)c2cc[nH]c2n1. The Bertz CT molecular complexity index is 539. The number of hydrogen-bond donors (Lipinski definition) is 1. The van der Waals surface area contributed by atoms with Crippen LogP contribution in [0.5, 0.6) is 0 Å². The smallest absolute Gasteiger partial charge is 0.141 e. The van der Waals surface area contributed by atoms with Crippen LogP contribution in [0.2, 0.25) is 0 Å². The number of H-pyrrole nitrogens is 1. The van der Waals surface area contributed by atoms with Crippen LogP contribution in [0.4, 0.5) is 0 Å². The van der Waals surface area contributed by atoms with Crippen molar-refractivity contribution >= 4 is 11.0 Å². The third-order valence-corrected chi connectivity index (χ3v) is 2.80. The molecule has 0 amide bonds. The summed E-state index contributed by atoms with van der Waals surface area (Å²) in [7, 11) is 0. The summed E-state index contributed by atoms with van der Waals surface area (Å²) in [5.41, 5.74) is 2.06. The molecule has 0 unspecified atom stereocenters. The molecular weight excluding hydrogens is 210 g/mol. The second kappa shape index (κ2) is 3.56. The Morgan fingerprint density at radius 3 is 2.12 bits per heavy atom. The molecule has 2 aromatic rings. The zero-order valence-corrected chi connectivity index (χ0v) is 11.5. The van der Waals surface area contributed by atoms with Gasteiger partial charge in [0.1, 0.15) is 11.5 Å². The molecule has 0 fully saturated rings. The Balaban J connectivity index is 2.76. The number of nitrogens with zero attached hydrogens (tertiary/aromatic N) is 2. The maximum Gasteiger partial charge on any atom is 0.141 e. The minimum Gasteiger partial charge on any atom is -0.346 e. The first-order valence-electron chi connectivity index (χ1n) is 6.06. The molecule has 0 aliphatic rings. The molecule has 0 aliphatic heterocycles. The van der Waals surface area contributed by atoms with E-state index in [4.69, 9.17) is 4.98 Å². The molecule has 17 heavy (non-hydrogen) atoms. The van der Waals surface area contributed by atoms with Gasteiger partial charge in [-0.05, 0) is 6.07 Å². The molecule has 0 spiro atoms. The van der Waals surface area contributed by atoms with Gasteiger partial charge in [0, 0.05) is 22.4 Å². The Kier molecular flexibility index (Phi) is 2.53. The average Bonchev–Trinajstić information content (AvgIpc) is 2.59. The van der Waals surface area contributed by atoms with Crippen molar-refractivity contribution in [3.63, 3.8) is 0 Å². The van der Waals surface area contributed by atoms with Crippen molar-refractivity contribution in [2.24, 2.45) is 0 Å². The molecule has 2 aromatic heterocycles. The first-order valence-corrected chi connectivity index (χ1v) is 6.06. The molecule has 0 atom stereocenters. The molecule has 92 valence electrons. The van der Waals surface area contributed by atoms with Gasteiger partial charge >= 0.3 is 0 Å². The molecule has 1 N–H and O–H groups in total. The summed E-state index contributed by atoms with van der Waals surface area (Å²) in [6.07, 6.45) is 1.93. The van der Waals surface area contributed by atoms with Gasteiger partial charge in [0.05, 0.1) is 5.69 Å². The lowest BCUT2D eigenvalue weighted by Gasteiger charge is -2.23. The summed E-state index contributed by atoms with van der Waals surface area (Å²) in [5.74, 6) is 0.900. The van der Waals surface area contributed by atoms with Crippen LogP contribution in [0, 0.1) is 0 Å². The molecule has 0 saturated carbocycles. The summed E-state index contributed by atoms with van der Waals surface area (Å²) in [6, 6.07) is 2.06. The van der Waals surface area contributed by atoms with Crippen molar-refractivity contribution in [3.8, 4) is 0 Å². The van der Waals surface area contributed by atoms with E-state index in [0.717, 1.165) is 22.6 Å². The van der Waals surface area contributed by atoms with Gasteiger partial charge < -0.3 is 4.98 Å². The van der Waals surface area contributed by atoms with E-state index in [1.54, 1.807) is 0 Å². The number of aromatic nitrogens is 3. The van der Waals surface area contributed by atoms with Crippen molar-refractivity contribution in [1.82, 2.24) is 15.0 Å². The highest BCUT2D eigenvalue weighted by molar-refractivity contribution is 5.79. The van der Waals surface area contributed by atoms with E-state index in [1.165, 1.54) is 0 Å². The van der Waals surface area contributed by atoms with E-state index >= 15 is 0 Å². The van der Waals surface area contributed by atoms with Crippen molar-refractivity contribution < 1.29 is 0 Å². The van der Waals surface area contributed by atoms with E-state index in [9.17, 15) is 0 Å². The molecule has 0 aliphatic carbocycles. The summed E-state index contributed by atoms with van der Waals surface area (Å²) < 4.78 is 0. The van der Waals surface area contributed by atoms with Crippen molar-refractivity contribution in [2.75, 3.05) is 0 Å². The Morgan fingerprint density at radius 2 is 1.59 bits per heavy atom. The molecule has 2 rings (SSSR count). The fraction of sp³-hybridized carbons (Fsp3) is 0.571. The van der Waals surface area contributed by atoms with Crippen molar-refractivity contribution in [1.29, 1.82) is 0 Å². The first-order chi connectivity index (χ1) is 7.69. The molecule has 0 saturated heterocycles. The van der Waals surface area contributed by atoms with Gasteiger partial charge in [-0.15, -0.1) is 0 Å². The highest BCUT2D eigenvalue weighted by atomic mass is 15.0. The van der Waals surface area contributed by atoms with Gasteiger partial charge in [0.15, 0.2) is 0 Å². The molecule has 3 heteroatoms. The second-order valence-electron chi connectivity index (χ2n) is 6.64. The van der Waals surface area contributed by atoms with Crippen LogP contribution in [0.25, 0.3) is 11.0 Å². The Hall–Kier alpha value is -1.38. The minimum atomic E-state index is -0.0285. The summed E-state index contributed by atoms with van der Waals surface area (Å²) in [4.78, 5) is 12.6. The molecule has 0 aromatic carbocycles. The number of rotatable bonds is 0. The predicted molar refractivity (Wildman–Crippen MR) is 71.3 cm³/mol. The molecule has 0 radical (unpaired) electrons. The summed E-state index contributed by atoms with van der Waals surface area (Å²) in [6.45, 7) is 13.0. The zero-order valence-electron chi connectivity index (χ0n) is 11.5. The van der Waals surface area contributed by atoms with E-state index < -0.39 is 0 Å². The lowest BCUT2D eigenvalue weighted by molar-refractivity contribution is 0.520. The third kappa shape index (κ3) is 2.19. The topological polar surface area (TPSA) is 41.6 Å². The highest BCUT2D eigenvalue weighted by Crippen LogP contribution is 2.29. The number of fused-ring (bicyclic) bond motifs is 1. The predicted octanol–water partition coefficient (Wildman–Crippen LogP) is 3.55. The summed E-state index contributed by atoms with van der Waals surface area (Å²) >= 11 is 0. The molecule has 2 heterocycles. The molecule has 0 bridgehead atoms. The quantitative estimate of drug-likeness (QED) is 0.753. The van der Waals surface area contributed by atoms with Gasteiger partial charge in [-0.1, -0.05) is 41.5 Å². The van der Waals surface area contributed by atoms with Gasteiger partial charge in [-0.25, -0.2) is 9.97 Å². The van der Waals surface area contributed by atoms with Crippen LogP contribution in [-0.2, 0) is 10.8 Å². The molecular formula is C14H21N3. The fourth-order valence-electron chi connectivity index (χ4n) is 1.85. The minimum absolute atomic E-state index is 0.0285. The first kappa shape index (κ1) is 12.1. The average molecular weight is 231 g/mol. The fourth-order valence-corrected chi connectivity index (χ4v) is 1.85. The van der Waals surface area contributed by atoms with Gasteiger partial charge in [-0.2, -0.15) is 0 Å². The third-order valence-electron chi connectivity index (χ3n) is 2.80. The Labute approximate surface area is 103 Å². The maximum absolute atomic E-state index is 4.78. The lowest BCUT2D eigenvalue weighted by Crippen LogP contribution is -2.21. The van der Waals surface area contributed by atoms with Crippen LogP contribution < -0.4 is 0 Å². The van der Waals surface area contributed by atoms with Gasteiger partial charge in [-0.3, -0.25) is 0 Å². The van der Waals surface area contributed by atoms with E-state index in [0.29, 0.717) is 0 Å².